The Bertz CT molecular complexity index is 539. The lowest BCUT2D eigenvalue weighted by atomic mass is 9.89. The van der Waals surface area contributed by atoms with Crippen LogP contribution in [0.2, 0.25) is 5.02 Å². The Balaban J connectivity index is 2.09. The van der Waals surface area contributed by atoms with Gasteiger partial charge in [0.05, 0.1) is 0 Å². The lowest BCUT2D eigenvalue weighted by molar-refractivity contribution is -0.159. The van der Waals surface area contributed by atoms with E-state index in [9.17, 15) is 9.90 Å². The quantitative estimate of drug-likeness (QED) is 0.768. The van der Waals surface area contributed by atoms with Crippen molar-refractivity contribution >= 4 is 17.6 Å². The van der Waals surface area contributed by atoms with Crippen LogP contribution in [0.15, 0.2) is 24.3 Å². The maximum Gasteiger partial charge on any atom is 0.323 e. The van der Waals surface area contributed by atoms with Crippen molar-refractivity contribution in [2.75, 3.05) is 6.61 Å². The highest BCUT2D eigenvalue weighted by atomic mass is 35.5. The SMILES string of the molecule is CC(C)(C)OC(=O)[C@@H](NCc1ccc(Cl)cc1)[C@H]1CCC[C@@H]1CO. The third-order valence-electron chi connectivity index (χ3n) is 4.48. The molecule has 1 aliphatic rings. The van der Waals surface area contributed by atoms with Crippen LogP contribution in [0.4, 0.5) is 0 Å². The van der Waals surface area contributed by atoms with Gasteiger partial charge in [0.25, 0.3) is 0 Å². The maximum atomic E-state index is 12.7. The van der Waals surface area contributed by atoms with E-state index in [4.69, 9.17) is 16.3 Å². The molecule has 1 fully saturated rings. The standard InChI is InChI=1S/C19H28ClNO3/c1-19(2,3)24-18(23)17(16-6-4-5-14(16)12-22)21-11-13-7-9-15(20)10-8-13/h7-10,14,16-17,21-22H,4-6,11-12H2,1-3H3/t14-,16+,17+/m1/s1. The number of benzene rings is 1. The van der Waals surface area contributed by atoms with Crippen LogP contribution in [0.5, 0.6) is 0 Å². The molecule has 0 unspecified atom stereocenters. The molecule has 3 atom stereocenters. The predicted octanol–water partition coefficient (Wildman–Crippen LogP) is 3.55. The smallest absolute Gasteiger partial charge is 0.323 e. The summed E-state index contributed by atoms with van der Waals surface area (Å²) in [5, 5.41) is 13.7. The first kappa shape index (κ1) is 19.2. The van der Waals surface area contributed by atoms with Gasteiger partial charge in [-0.15, -0.1) is 0 Å². The van der Waals surface area contributed by atoms with Crippen molar-refractivity contribution in [1.82, 2.24) is 5.32 Å². The summed E-state index contributed by atoms with van der Waals surface area (Å²) in [6, 6.07) is 7.17. The Hall–Kier alpha value is -1.10. The summed E-state index contributed by atoms with van der Waals surface area (Å²) in [4.78, 5) is 12.7. The zero-order chi connectivity index (χ0) is 17.7. The van der Waals surface area contributed by atoms with Crippen molar-refractivity contribution in [2.45, 2.75) is 58.2 Å². The second-order valence-corrected chi connectivity index (χ2v) is 7.99. The van der Waals surface area contributed by atoms with E-state index in [1.807, 2.05) is 45.0 Å². The van der Waals surface area contributed by atoms with E-state index in [1.54, 1.807) is 0 Å². The van der Waals surface area contributed by atoms with Gasteiger partial charge in [0, 0.05) is 18.2 Å². The molecule has 1 aromatic rings. The lowest BCUT2D eigenvalue weighted by Gasteiger charge is -2.30. The highest BCUT2D eigenvalue weighted by molar-refractivity contribution is 6.30. The van der Waals surface area contributed by atoms with Crippen LogP contribution in [0.25, 0.3) is 0 Å². The Morgan fingerprint density at radius 3 is 2.58 bits per heavy atom. The van der Waals surface area contributed by atoms with Gasteiger partial charge in [0.2, 0.25) is 0 Å². The number of carbonyl (C=O) groups excluding carboxylic acids is 1. The Morgan fingerprint density at radius 2 is 2.00 bits per heavy atom. The summed E-state index contributed by atoms with van der Waals surface area (Å²) >= 11 is 5.92. The molecule has 1 saturated carbocycles. The second-order valence-electron chi connectivity index (χ2n) is 7.56. The predicted molar refractivity (Wildman–Crippen MR) is 95.8 cm³/mol. The number of hydrogen-bond donors (Lipinski definition) is 2. The molecule has 1 aromatic carbocycles. The summed E-state index contributed by atoms with van der Waals surface area (Å²) in [5.74, 6) is 0.0270. The second kappa shape index (κ2) is 8.32. The van der Waals surface area contributed by atoms with Gasteiger partial charge in [-0.3, -0.25) is 4.79 Å². The summed E-state index contributed by atoms with van der Waals surface area (Å²) < 4.78 is 5.61. The largest absolute Gasteiger partial charge is 0.459 e. The summed E-state index contributed by atoms with van der Waals surface area (Å²) in [6.07, 6.45) is 2.93. The molecule has 134 valence electrons. The number of halogens is 1. The third-order valence-corrected chi connectivity index (χ3v) is 4.73. The number of ether oxygens (including phenoxy) is 1. The van der Waals surface area contributed by atoms with Crippen molar-refractivity contribution in [2.24, 2.45) is 11.8 Å². The lowest BCUT2D eigenvalue weighted by Crippen LogP contribution is -2.47. The van der Waals surface area contributed by atoms with Crippen LogP contribution in [0.1, 0.15) is 45.6 Å². The normalized spacial score (nSPS) is 22.4. The van der Waals surface area contributed by atoms with E-state index in [2.05, 4.69) is 5.32 Å². The number of esters is 1. The van der Waals surface area contributed by atoms with Gasteiger partial charge in [0.1, 0.15) is 11.6 Å². The highest BCUT2D eigenvalue weighted by Gasteiger charge is 2.39. The molecular formula is C19H28ClNO3. The van der Waals surface area contributed by atoms with E-state index < -0.39 is 11.6 Å². The Kier molecular flexibility index (Phi) is 6.67. The van der Waals surface area contributed by atoms with E-state index in [0.29, 0.717) is 11.6 Å². The molecule has 24 heavy (non-hydrogen) atoms. The minimum Gasteiger partial charge on any atom is -0.459 e. The number of carbonyl (C=O) groups is 1. The number of rotatable bonds is 6. The van der Waals surface area contributed by atoms with Gasteiger partial charge in [0.15, 0.2) is 0 Å². The fourth-order valence-electron chi connectivity index (χ4n) is 3.34. The molecule has 0 radical (unpaired) electrons. The van der Waals surface area contributed by atoms with E-state index in [-0.39, 0.29) is 24.4 Å². The number of aliphatic hydroxyl groups is 1. The average Bonchev–Trinajstić information content (AvgIpc) is 2.96. The van der Waals surface area contributed by atoms with Crippen LogP contribution < -0.4 is 5.32 Å². The van der Waals surface area contributed by atoms with Gasteiger partial charge < -0.3 is 15.2 Å². The topological polar surface area (TPSA) is 58.6 Å². The van der Waals surface area contributed by atoms with Gasteiger partial charge in [-0.2, -0.15) is 0 Å². The molecular weight excluding hydrogens is 326 g/mol. The van der Waals surface area contributed by atoms with Crippen LogP contribution in [0, 0.1) is 11.8 Å². The van der Waals surface area contributed by atoms with E-state index >= 15 is 0 Å². The van der Waals surface area contributed by atoms with Crippen molar-refractivity contribution in [1.29, 1.82) is 0 Å². The molecule has 0 aromatic heterocycles. The van der Waals surface area contributed by atoms with Crippen molar-refractivity contribution in [3.63, 3.8) is 0 Å². The molecule has 1 aliphatic carbocycles. The Labute approximate surface area is 149 Å². The van der Waals surface area contributed by atoms with Gasteiger partial charge in [-0.05, 0) is 63.1 Å². The fourth-order valence-corrected chi connectivity index (χ4v) is 3.46. The fraction of sp³-hybridized carbons (Fsp3) is 0.632. The van der Waals surface area contributed by atoms with Crippen LogP contribution in [0.3, 0.4) is 0 Å². The molecule has 0 aliphatic heterocycles. The summed E-state index contributed by atoms with van der Waals surface area (Å²) in [6.45, 7) is 6.31. The van der Waals surface area contributed by atoms with Gasteiger partial charge in [-0.1, -0.05) is 30.2 Å². The van der Waals surface area contributed by atoms with Crippen molar-refractivity contribution in [3.8, 4) is 0 Å². The summed E-state index contributed by atoms with van der Waals surface area (Å²) in [7, 11) is 0. The minimum atomic E-state index is -0.523. The molecule has 0 heterocycles. The van der Waals surface area contributed by atoms with E-state index in [1.165, 1.54) is 0 Å². The maximum absolute atomic E-state index is 12.7. The van der Waals surface area contributed by atoms with Crippen LogP contribution >= 0.6 is 11.6 Å². The number of nitrogens with one attached hydrogen (secondary N) is 1. The van der Waals surface area contributed by atoms with Crippen molar-refractivity contribution < 1.29 is 14.6 Å². The van der Waals surface area contributed by atoms with Crippen LogP contribution in [-0.4, -0.2) is 29.3 Å². The first-order valence-electron chi connectivity index (χ1n) is 8.61. The average molecular weight is 354 g/mol. The highest BCUT2D eigenvalue weighted by Crippen LogP contribution is 2.34. The van der Waals surface area contributed by atoms with Crippen LogP contribution in [-0.2, 0) is 16.1 Å². The van der Waals surface area contributed by atoms with Crippen molar-refractivity contribution in [3.05, 3.63) is 34.9 Å². The monoisotopic (exact) mass is 353 g/mol. The molecule has 2 N–H and O–H groups in total. The number of hydrogen-bond acceptors (Lipinski definition) is 4. The molecule has 0 bridgehead atoms. The third kappa shape index (κ3) is 5.47. The Morgan fingerprint density at radius 1 is 1.33 bits per heavy atom. The molecule has 0 saturated heterocycles. The molecule has 4 nitrogen and oxygen atoms in total. The first-order chi connectivity index (χ1) is 11.3. The zero-order valence-electron chi connectivity index (χ0n) is 14.7. The van der Waals surface area contributed by atoms with Gasteiger partial charge >= 0.3 is 5.97 Å². The molecule has 2 rings (SSSR count). The van der Waals surface area contributed by atoms with Gasteiger partial charge in [-0.25, -0.2) is 0 Å². The minimum absolute atomic E-state index is 0.108. The molecule has 0 amide bonds. The first-order valence-corrected chi connectivity index (χ1v) is 8.99. The molecule has 0 spiro atoms. The summed E-state index contributed by atoms with van der Waals surface area (Å²) in [5.41, 5.74) is 0.538. The zero-order valence-corrected chi connectivity index (χ0v) is 15.5. The number of aliphatic hydroxyl groups excluding tert-OH is 1. The molecule has 5 heteroatoms. The van der Waals surface area contributed by atoms with E-state index in [0.717, 1.165) is 24.8 Å².